The zero-order valence-electron chi connectivity index (χ0n) is 13.7. The molecule has 0 saturated carbocycles. The zero-order chi connectivity index (χ0) is 15.1. The molecule has 0 aromatic rings. The monoisotopic (exact) mass is 754 g/mol. The Morgan fingerprint density at radius 1 is 1.30 bits per heavy atom. The van der Waals surface area contributed by atoms with Crippen molar-refractivity contribution in [3.05, 3.63) is 11.6 Å². The van der Waals surface area contributed by atoms with E-state index < -0.39 is 11.6 Å². The summed E-state index contributed by atoms with van der Waals surface area (Å²) in [6.07, 6.45) is 3.09. The number of hydrogen-bond acceptors (Lipinski definition) is 4. The number of likely N-dealkylation sites (N-methyl/N-ethyl adjacent to an activating group) is 1. The van der Waals surface area contributed by atoms with Crippen LogP contribution in [0.2, 0.25) is 0 Å². The first-order valence-corrected chi connectivity index (χ1v) is 6.73. The van der Waals surface area contributed by atoms with E-state index in [2.05, 4.69) is 6.08 Å². The Morgan fingerprint density at radius 3 is 2.35 bits per heavy atom. The van der Waals surface area contributed by atoms with Gasteiger partial charge in [-0.15, -0.1) is 5.57 Å². The van der Waals surface area contributed by atoms with Crippen molar-refractivity contribution in [3.8, 4) is 0 Å². The van der Waals surface area contributed by atoms with Crippen LogP contribution in [-0.2, 0) is 49.2 Å². The van der Waals surface area contributed by atoms with Gasteiger partial charge in [-0.2, -0.15) is 0 Å². The van der Waals surface area contributed by atoms with Gasteiger partial charge in [0.1, 0.15) is 5.60 Å². The topological polar surface area (TPSA) is 70.1 Å². The predicted molar refractivity (Wildman–Crippen MR) is 72.2 cm³/mol. The molecule has 0 aromatic heterocycles. The van der Waals surface area contributed by atoms with Crippen LogP contribution in [0.15, 0.2) is 5.57 Å². The van der Waals surface area contributed by atoms with Gasteiger partial charge in [-0.25, -0.2) is 4.79 Å². The molecule has 2 aliphatic rings. The molecule has 2 heterocycles. The molecule has 2 atom stereocenters. The van der Waals surface area contributed by atoms with Crippen LogP contribution in [0.1, 0.15) is 27.2 Å². The van der Waals surface area contributed by atoms with E-state index in [0.29, 0.717) is 19.5 Å². The number of fused-ring (bicyclic) bond motifs is 2. The number of carboxylic acid groups (broad SMARTS) is 1. The summed E-state index contributed by atoms with van der Waals surface area (Å²) >= 11 is 0. The number of aliphatic carboxylic acids is 1. The average Bonchev–Trinajstić information content (AvgIpc) is 2.25. The third-order valence-corrected chi connectivity index (χ3v) is 3.64. The van der Waals surface area contributed by atoms with Gasteiger partial charge in [-0.05, 0) is 27.8 Å². The van der Waals surface area contributed by atoms with Gasteiger partial charge >= 0.3 is 6.09 Å². The third kappa shape index (κ3) is 6.53. The molecule has 1 fully saturated rings. The van der Waals surface area contributed by atoms with Crippen LogP contribution < -0.4 is 0 Å². The Morgan fingerprint density at radius 2 is 1.87 bits per heavy atom. The first-order valence-electron chi connectivity index (χ1n) is 6.73. The second-order valence-corrected chi connectivity index (χ2v) is 6.32. The standard InChI is InChI=1S/C14H21N2O4.U.V.W/c1-14(2,3)20-13(19)16-7-9-5-6-10(12(17)18)11(8-16)15(9)4;;;/h9,11H,5,7-8H2,1-4H3,(H,17,18);;;/q-1;;;. The van der Waals surface area contributed by atoms with E-state index in [9.17, 15) is 14.7 Å². The SMILES string of the molecule is CN1C2C[C-]=C(C(=O)O)C1CN(C(=O)OC(C)(C)C)C2.[U].[V].[W]. The molecule has 9 heteroatoms. The summed E-state index contributed by atoms with van der Waals surface area (Å²) in [5, 5.41) is 9.22. The second kappa shape index (κ2) is 10.0. The molecule has 127 valence electrons. The van der Waals surface area contributed by atoms with Crippen molar-refractivity contribution < 1.29 is 90.2 Å². The first kappa shape index (κ1) is 26.0. The van der Waals surface area contributed by atoms with Crippen LogP contribution in [0.5, 0.6) is 0 Å². The molecule has 6 nitrogen and oxygen atoms in total. The maximum absolute atomic E-state index is 12.1. The van der Waals surface area contributed by atoms with Crippen molar-refractivity contribution in [2.24, 2.45) is 0 Å². The van der Waals surface area contributed by atoms with E-state index in [1.54, 1.807) is 4.90 Å². The summed E-state index contributed by atoms with van der Waals surface area (Å²) < 4.78 is 5.36. The van der Waals surface area contributed by atoms with Gasteiger partial charge in [0.25, 0.3) is 0 Å². The van der Waals surface area contributed by atoms with Crippen molar-refractivity contribution in [1.82, 2.24) is 9.80 Å². The van der Waals surface area contributed by atoms with E-state index >= 15 is 0 Å². The van der Waals surface area contributed by atoms with E-state index in [1.807, 2.05) is 32.7 Å². The van der Waals surface area contributed by atoms with Gasteiger partial charge in [-0.3, -0.25) is 11.0 Å². The molecule has 1 radical (unpaired) electrons. The fourth-order valence-electron chi connectivity index (χ4n) is 2.59. The van der Waals surface area contributed by atoms with Crippen LogP contribution in [0.3, 0.4) is 0 Å². The Kier molecular flexibility index (Phi) is 11.4. The molecule has 0 spiro atoms. The number of piperazine rings is 1. The van der Waals surface area contributed by atoms with E-state index in [1.165, 1.54) is 0 Å². The van der Waals surface area contributed by atoms with Crippen LogP contribution in [-0.4, -0.2) is 64.8 Å². The number of rotatable bonds is 1. The molecular formula is C14H21N2O4UVW-. The van der Waals surface area contributed by atoms with Crippen molar-refractivity contribution in [2.45, 2.75) is 44.9 Å². The number of carboxylic acids is 1. The minimum absolute atomic E-state index is 0. The molecule has 1 N–H and O–H groups in total. The normalized spacial score (nSPS) is 23.5. The summed E-state index contributed by atoms with van der Waals surface area (Å²) in [4.78, 5) is 27.0. The number of nitrogens with zero attached hydrogens (tertiary/aromatic N) is 2. The molecule has 0 aromatic carbocycles. The molecule has 0 aliphatic carbocycles. The number of amides is 1. The molecule has 2 bridgehead atoms. The Balaban J connectivity index is 0. The van der Waals surface area contributed by atoms with Crippen molar-refractivity contribution in [2.75, 3.05) is 20.1 Å². The Bertz CT molecular complexity index is 470. The molecule has 23 heavy (non-hydrogen) atoms. The second-order valence-electron chi connectivity index (χ2n) is 6.32. The molecule has 1 amide bonds. The summed E-state index contributed by atoms with van der Waals surface area (Å²) in [6.45, 7) is 6.33. The number of carbonyl (C=O) groups excluding carboxylic acids is 1. The van der Waals surface area contributed by atoms with E-state index in [-0.39, 0.29) is 94.5 Å². The molecular weight excluding hydrogens is 733 g/mol. The van der Waals surface area contributed by atoms with Crippen molar-refractivity contribution in [3.63, 3.8) is 0 Å². The van der Waals surface area contributed by atoms with E-state index in [4.69, 9.17) is 4.74 Å². The molecule has 1 saturated heterocycles. The zero-order valence-corrected chi connectivity index (χ0v) is 22.2. The van der Waals surface area contributed by atoms with Crippen LogP contribution in [0.4, 0.5) is 4.79 Å². The molecule has 2 rings (SSSR count). The number of hydrogen-bond donors (Lipinski definition) is 1. The smallest absolute Gasteiger partial charge is 0.410 e. The fourth-order valence-corrected chi connectivity index (χ4v) is 2.59. The predicted octanol–water partition coefficient (Wildman–Crippen LogP) is 1.12. The minimum atomic E-state index is -0.966. The summed E-state index contributed by atoms with van der Waals surface area (Å²) in [5.74, 6) is -0.966. The van der Waals surface area contributed by atoms with Crippen molar-refractivity contribution >= 4 is 12.1 Å². The molecule has 2 unspecified atom stereocenters. The van der Waals surface area contributed by atoms with Crippen LogP contribution >= 0.6 is 0 Å². The third-order valence-electron chi connectivity index (χ3n) is 3.64. The van der Waals surface area contributed by atoms with Gasteiger partial charge in [0.15, 0.2) is 5.97 Å². The number of carbonyl (C=O) groups is 2. The number of ether oxygens (including phenoxy) is 1. The minimum Gasteiger partial charge on any atom is -0.562 e. The fraction of sp³-hybridized carbons (Fsp3) is 0.714. The average molecular weight is 754 g/mol. The molecule has 2 aliphatic heterocycles. The van der Waals surface area contributed by atoms with Gasteiger partial charge in [0, 0.05) is 95.9 Å². The van der Waals surface area contributed by atoms with Crippen molar-refractivity contribution in [1.29, 1.82) is 0 Å². The summed E-state index contributed by atoms with van der Waals surface area (Å²) in [6, 6.07) is -0.211. The maximum Gasteiger partial charge on any atom is 0.410 e. The van der Waals surface area contributed by atoms with E-state index in [0.717, 1.165) is 0 Å². The summed E-state index contributed by atoms with van der Waals surface area (Å²) in [5.41, 5.74) is -0.301. The van der Waals surface area contributed by atoms with Gasteiger partial charge < -0.3 is 19.5 Å². The van der Waals surface area contributed by atoms with Gasteiger partial charge in [0.05, 0.1) is 0 Å². The Hall–Kier alpha value is 0.765. The van der Waals surface area contributed by atoms with Crippen LogP contribution in [0.25, 0.3) is 0 Å². The first-order chi connectivity index (χ1) is 9.19. The Labute approximate surface area is 187 Å². The maximum atomic E-state index is 12.1. The van der Waals surface area contributed by atoms with Gasteiger partial charge in [-0.1, -0.05) is 6.42 Å². The quantitative estimate of drug-likeness (QED) is 0.407. The largest absolute Gasteiger partial charge is 0.562 e. The summed E-state index contributed by atoms with van der Waals surface area (Å²) in [7, 11) is 1.89. The van der Waals surface area contributed by atoms with Gasteiger partial charge in [0.2, 0.25) is 0 Å². The van der Waals surface area contributed by atoms with Crippen LogP contribution in [0, 0.1) is 37.2 Å².